The average Bonchev–Trinajstić information content (AvgIpc) is 2.54. The van der Waals surface area contributed by atoms with Crippen molar-refractivity contribution in [2.75, 3.05) is 11.1 Å². The molecule has 25 heavy (non-hydrogen) atoms. The molecule has 1 atom stereocenters. The fourth-order valence-electron chi connectivity index (χ4n) is 2.08. The molecule has 4 nitrogen and oxygen atoms in total. The number of nitrogens with one attached hydrogen (secondary N) is 1. The molecule has 0 heterocycles. The first-order valence-electron chi connectivity index (χ1n) is 7.09. The number of nitriles is 1. The Morgan fingerprint density at radius 3 is 2.56 bits per heavy atom. The molecule has 0 saturated carbocycles. The number of amides is 1. The number of anilines is 1. The fraction of sp³-hybridized carbons (Fsp3) is 0.176. The van der Waals surface area contributed by atoms with Gasteiger partial charge in [0.1, 0.15) is 5.75 Å². The lowest BCUT2D eigenvalue weighted by Gasteiger charge is -2.09. The summed E-state index contributed by atoms with van der Waals surface area (Å²) in [5, 5.41) is 11.3. The summed E-state index contributed by atoms with van der Waals surface area (Å²) in [5.74, 6) is -1.05. The number of alkyl halides is 3. The van der Waals surface area contributed by atoms with Crippen LogP contribution in [-0.4, -0.2) is 15.9 Å². The van der Waals surface area contributed by atoms with E-state index in [1.54, 1.807) is 18.2 Å². The Balaban J connectivity index is 1.96. The Hall–Kier alpha value is -2.66. The van der Waals surface area contributed by atoms with E-state index in [9.17, 15) is 22.2 Å². The third-order valence-corrected chi connectivity index (χ3v) is 4.39. The van der Waals surface area contributed by atoms with Crippen molar-refractivity contribution >= 4 is 22.4 Å². The number of hydrogen-bond acceptors (Lipinski definition) is 3. The quantitative estimate of drug-likeness (QED) is 0.881. The van der Waals surface area contributed by atoms with Gasteiger partial charge < -0.3 is 5.32 Å². The standard InChI is InChI=1S/C17H13F3N2O2S/c18-17(19,20)14-5-1-4-13(7-14)10-25(24)11-16(23)22-15-6-2-3-12(8-15)9-21/h1-8H,10-11H2,(H,22,23)/t25-/m1/s1. The molecule has 0 unspecified atom stereocenters. The van der Waals surface area contributed by atoms with Crippen LogP contribution in [-0.2, 0) is 27.5 Å². The summed E-state index contributed by atoms with van der Waals surface area (Å²) in [6.45, 7) is 0. The highest BCUT2D eigenvalue weighted by Gasteiger charge is 2.30. The van der Waals surface area contributed by atoms with Crippen LogP contribution in [0.4, 0.5) is 18.9 Å². The van der Waals surface area contributed by atoms with Gasteiger partial charge in [0.25, 0.3) is 0 Å². The summed E-state index contributed by atoms with van der Waals surface area (Å²) in [7, 11) is -1.66. The van der Waals surface area contributed by atoms with Crippen LogP contribution in [0.1, 0.15) is 16.7 Å². The summed E-state index contributed by atoms with van der Waals surface area (Å²) in [5.41, 5.74) is 0.176. The van der Waals surface area contributed by atoms with Crippen LogP contribution in [0.3, 0.4) is 0 Å². The zero-order valence-corrected chi connectivity index (χ0v) is 13.7. The molecule has 0 aromatic heterocycles. The van der Waals surface area contributed by atoms with Crippen LogP contribution in [0.2, 0.25) is 0 Å². The normalized spacial score (nSPS) is 12.2. The molecule has 0 aliphatic rings. The number of carbonyl (C=O) groups excluding carboxylic acids is 1. The third kappa shape index (κ3) is 5.72. The largest absolute Gasteiger partial charge is 0.416 e. The number of hydrogen-bond donors (Lipinski definition) is 1. The molecule has 0 bridgehead atoms. The second-order valence-corrected chi connectivity index (χ2v) is 6.62. The first-order valence-corrected chi connectivity index (χ1v) is 8.58. The van der Waals surface area contributed by atoms with Crippen molar-refractivity contribution in [2.24, 2.45) is 0 Å². The fourth-order valence-corrected chi connectivity index (χ4v) is 3.10. The van der Waals surface area contributed by atoms with Crippen molar-refractivity contribution in [2.45, 2.75) is 11.9 Å². The van der Waals surface area contributed by atoms with Gasteiger partial charge in [-0.05, 0) is 29.8 Å². The summed E-state index contributed by atoms with van der Waals surface area (Å²) < 4.78 is 50.0. The minimum absolute atomic E-state index is 0.157. The van der Waals surface area contributed by atoms with Gasteiger partial charge >= 0.3 is 6.18 Å². The minimum atomic E-state index is -4.47. The van der Waals surface area contributed by atoms with Crippen molar-refractivity contribution in [1.82, 2.24) is 0 Å². The van der Waals surface area contributed by atoms with Crippen molar-refractivity contribution in [1.29, 1.82) is 5.26 Å². The predicted molar refractivity (Wildman–Crippen MR) is 87.9 cm³/mol. The van der Waals surface area contributed by atoms with Crippen LogP contribution in [0.5, 0.6) is 0 Å². The molecule has 0 saturated heterocycles. The van der Waals surface area contributed by atoms with E-state index in [0.29, 0.717) is 11.3 Å². The van der Waals surface area contributed by atoms with Crippen LogP contribution in [0.15, 0.2) is 48.5 Å². The predicted octanol–water partition coefficient (Wildman–Crippen LogP) is 3.46. The Morgan fingerprint density at radius 1 is 1.16 bits per heavy atom. The number of nitrogens with zero attached hydrogens (tertiary/aromatic N) is 1. The Bertz CT molecular complexity index is 844. The van der Waals surface area contributed by atoms with E-state index in [4.69, 9.17) is 5.26 Å². The van der Waals surface area contributed by atoms with Gasteiger partial charge in [0.2, 0.25) is 5.91 Å². The molecule has 0 aliphatic heterocycles. The number of halogens is 3. The molecular weight excluding hydrogens is 353 g/mol. The maximum Gasteiger partial charge on any atom is 0.416 e. The summed E-state index contributed by atoms with van der Waals surface area (Å²) in [6.07, 6.45) is -4.47. The Labute approximate surface area is 144 Å². The smallest absolute Gasteiger partial charge is 0.325 e. The lowest BCUT2D eigenvalue weighted by molar-refractivity contribution is -0.137. The highest BCUT2D eigenvalue weighted by molar-refractivity contribution is 7.84. The molecule has 8 heteroatoms. The maximum atomic E-state index is 12.7. The molecule has 0 spiro atoms. The minimum Gasteiger partial charge on any atom is -0.325 e. The van der Waals surface area contributed by atoms with E-state index < -0.39 is 28.4 Å². The average molecular weight is 366 g/mol. The molecule has 2 aromatic rings. The van der Waals surface area contributed by atoms with Crippen LogP contribution in [0, 0.1) is 11.3 Å². The molecule has 0 aliphatic carbocycles. The molecular formula is C17H13F3N2O2S. The van der Waals surface area contributed by atoms with Crippen LogP contribution < -0.4 is 5.32 Å². The molecule has 1 N–H and O–H groups in total. The third-order valence-electron chi connectivity index (χ3n) is 3.15. The Morgan fingerprint density at radius 2 is 1.88 bits per heavy atom. The number of benzene rings is 2. The number of rotatable bonds is 5. The monoisotopic (exact) mass is 366 g/mol. The Kier molecular flexibility index (Phi) is 5.93. The molecule has 2 aromatic carbocycles. The highest BCUT2D eigenvalue weighted by Crippen LogP contribution is 2.29. The maximum absolute atomic E-state index is 12.7. The topological polar surface area (TPSA) is 70.0 Å². The van der Waals surface area contributed by atoms with E-state index in [-0.39, 0.29) is 17.1 Å². The second kappa shape index (κ2) is 7.94. The first kappa shape index (κ1) is 18.7. The molecule has 0 fully saturated rings. The van der Waals surface area contributed by atoms with Crippen molar-refractivity contribution in [3.8, 4) is 6.07 Å². The lowest BCUT2D eigenvalue weighted by Crippen LogP contribution is -2.20. The first-order chi connectivity index (χ1) is 11.8. The molecule has 2 rings (SSSR count). The van der Waals surface area contributed by atoms with E-state index in [1.165, 1.54) is 18.2 Å². The second-order valence-electron chi connectivity index (χ2n) is 5.17. The highest BCUT2D eigenvalue weighted by atomic mass is 32.2. The zero-order valence-electron chi connectivity index (χ0n) is 12.8. The molecule has 130 valence electrons. The van der Waals surface area contributed by atoms with Gasteiger partial charge in [-0.15, -0.1) is 0 Å². The van der Waals surface area contributed by atoms with E-state index in [1.807, 2.05) is 6.07 Å². The molecule has 0 radical (unpaired) electrons. The van der Waals surface area contributed by atoms with Crippen molar-refractivity contribution < 1.29 is 22.2 Å². The van der Waals surface area contributed by atoms with Crippen molar-refractivity contribution in [3.63, 3.8) is 0 Å². The van der Waals surface area contributed by atoms with Gasteiger partial charge in [0, 0.05) is 22.2 Å². The van der Waals surface area contributed by atoms with E-state index >= 15 is 0 Å². The van der Waals surface area contributed by atoms with E-state index in [0.717, 1.165) is 12.1 Å². The van der Waals surface area contributed by atoms with Gasteiger partial charge in [-0.3, -0.25) is 9.00 Å². The summed E-state index contributed by atoms with van der Waals surface area (Å²) in [6, 6.07) is 12.7. The van der Waals surface area contributed by atoms with Gasteiger partial charge in [-0.1, -0.05) is 24.3 Å². The van der Waals surface area contributed by atoms with Crippen molar-refractivity contribution in [3.05, 3.63) is 65.2 Å². The zero-order chi connectivity index (χ0) is 18.4. The van der Waals surface area contributed by atoms with Gasteiger partial charge in [-0.2, -0.15) is 18.4 Å². The van der Waals surface area contributed by atoms with Gasteiger partial charge in [-0.25, -0.2) is 0 Å². The summed E-state index contributed by atoms with van der Waals surface area (Å²) >= 11 is 0. The SMILES string of the molecule is N#Cc1cccc(NC(=O)C[S@](=O)Cc2cccc(C(F)(F)F)c2)c1. The summed E-state index contributed by atoms with van der Waals surface area (Å²) in [4.78, 5) is 11.9. The number of carbonyl (C=O) groups is 1. The van der Waals surface area contributed by atoms with Crippen LogP contribution >= 0.6 is 0 Å². The lowest BCUT2D eigenvalue weighted by atomic mass is 10.1. The molecule has 1 amide bonds. The van der Waals surface area contributed by atoms with E-state index in [2.05, 4.69) is 5.32 Å². The van der Waals surface area contributed by atoms with Gasteiger partial charge in [0.05, 0.1) is 17.2 Å². The van der Waals surface area contributed by atoms with Crippen LogP contribution in [0.25, 0.3) is 0 Å². The van der Waals surface area contributed by atoms with Gasteiger partial charge in [0.15, 0.2) is 0 Å².